The summed E-state index contributed by atoms with van der Waals surface area (Å²) in [6, 6.07) is 18.4. The van der Waals surface area contributed by atoms with Crippen molar-refractivity contribution in [3.8, 4) is 5.75 Å². The number of fused-ring (bicyclic) bond motifs is 1. The number of ether oxygens (including phenoxy) is 2. The van der Waals surface area contributed by atoms with Crippen LogP contribution in [0.25, 0.3) is 0 Å². The number of nitrogens with zero attached hydrogens (tertiary/aromatic N) is 1. The van der Waals surface area contributed by atoms with E-state index < -0.39 is 12.0 Å². The van der Waals surface area contributed by atoms with Crippen molar-refractivity contribution in [1.82, 2.24) is 0 Å². The molecule has 1 heterocycles. The van der Waals surface area contributed by atoms with Crippen LogP contribution in [0, 0.1) is 5.82 Å². The Morgan fingerprint density at radius 3 is 2.45 bits per heavy atom. The van der Waals surface area contributed by atoms with Crippen LogP contribution < -0.4 is 15.0 Å². The first-order valence-corrected chi connectivity index (χ1v) is 9.77. The summed E-state index contributed by atoms with van der Waals surface area (Å²) in [5.41, 5.74) is 2.99. The summed E-state index contributed by atoms with van der Waals surface area (Å²) in [7, 11) is 1.49. The van der Waals surface area contributed by atoms with E-state index in [4.69, 9.17) is 9.47 Å². The Balaban J connectivity index is 1.65. The fourth-order valence-corrected chi connectivity index (χ4v) is 3.67. The van der Waals surface area contributed by atoms with E-state index in [1.165, 1.54) is 24.1 Å². The first kappa shape index (κ1) is 20.4. The molecular formula is C24H21FN2O4. The van der Waals surface area contributed by atoms with Gasteiger partial charge < -0.3 is 9.47 Å². The lowest BCUT2D eigenvalue weighted by atomic mass is 10.00. The molecule has 0 saturated heterocycles. The van der Waals surface area contributed by atoms with Gasteiger partial charge in [-0.25, -0.2) is 9.18 Å². The number of anilines is 3. The molecule has 0 aliphatic carbocycles. The molecule has 0 saturated carbocycles. The Hall–Kier alpha value is -3.87. The molecule has 0 fully saturated rings. The Bertz CT molecular complexity index is 1120. The van der Waals surface area contributed by atoms with Crippen molar-refractivity contribution in [2.24, 2.45) is 0 Å². The minimum absolute atomic E-state index is 0.111. The van der Waals surface area contributed by atoms with Crippen molar-refractivity contribution < 1.29 is 23.5 Å². The van der Waals surface area contributed by atoms with E-state index in [-0.39, 0.29) is 18.3 Å². The second-order valence-electron chi connectivity index (χ2n) is 7.13. The van der Waals surface area contributed by atoms with Crippen molar-refractivity contribution in [2.45, 2.75) is 19.4 Å². The Kier molecular flexibility index (Phi) is 5.58. The third-order valence-electron chi connectivity index (χ3n) is 5.19. The SMILES string of the molecule is COc1ccc2c(c1NC(=O)OCc1ccccc1)C(C)C(=O)N2c1ccc(F)cc1. The first-order valence-electron chi connectivity index (χ1n) is 9.77. The topological polar surface area (TPSA) is 67.9 Å². The van der Waals surface area contributed by atoms with Gasteiger partial charge in [-0.05, 0) is 48.9 Å². The highest BCUT2D eigenvalue weighted by atomic mass is 19.1. The molecule has 0 bridgehead atoms. The summed E-state index contributed by atoms with van der Waals surface area (Å²) < 4.78 is 24.1. The van der Waals surface area contributed by atoms with E-state index in [1.807, 2.05) is 30.3 Å². The number of halogens is 1. The van der Waals surface area contributed by atoms with E-state index in [9.17, 15) is 14.0 Å². The fourth-order valence-electron chi connectivity index (χ4n) is 3.67. The van der Waals surface area contributed by atoms with Gasteiger partial charge in [-0.2, -0.15) is 0 Å². The average Bonchev–Trinajstić information content (AvgIpc) is 3.04. The van der Waals surface area contributed by atoms with Gasteiger partial charge in [0, 0.05) is 11.3 Å². The molecule has 4 rings (SSSR count). The maximum atomic E-state index is 13.4. The largest absolute Gasteiger partial charge is 0.495 e. The molecule has 0 radical (unpaired) electrons. The Morgan fingerprint density at radius 1 is 1.06 bits per heavy atom. The van der Waals surface area contributed by atoms with Crippen LogP contribution in [0.2, 0.25) is 0 Å². The van der Waals surface area contributed by atoms with Crippen molar-refractivity contribution >= 4 is 29.1 Å². The van der Waals surface area contributed by atoms with E-state index in [0.717, 1.165) is 5.56 Å². The second kappa shape index (κ2) is 8.47. The van der Waals surface area contributed by atoms with E-state index >= 15 is 0 Å². The van der Waals surface area contributed by atoms with Crippen molar-refractivity contribution in [3.63, 3.8) is 0 Å². The third-order valence-corrected chi connectivity index (χ3v) is 5.19. The van der Waals surface area contributed by atoms with Gasteiger partial charge in [0.25, 0.3) is 0 Å². The molecule has 1 N–H and O–H groups in total. The Morgan fingerprint density at radius 2 is 1.77 bits per heavy atom. The first-order chi connectivity index (χ1) is 15.0. The highest BCUT2D eigenvalue weighted by Crippen LogP contribution is 2.48. The van der Waals surface area contributed by atoms with Gasteiger partial charge in [-0.15, -0.1) is 0 Å². The standard InChI is InChI=1S/C24H21FN2O4/c1-15-21-19(27(23(15)28)18-10-8-17(25)9-11-18)12-13-20(30-2)22(21)26-24(29)31-14-16-6-4-3-5-7-16/h3-13,15H,14H2,1-2H3,(H,26,29). The summed E-state index contributed by atoms with van der Waals surface area (Å²) in [6.45, 7) is 1.87. The summed E-state index contributed by atoms with van der Waals surface area (Å²) in [5, 5.41) is 2.74. The molecule has 6 nitrogen and oxygen atoms in total. The molecule has 2 amide bonds. The maximum Gasteiger partial charge on any atom is 0.412 e. The molecule has 1 aliphatic heterocycles. The van der Waals surface area contributed by atoms with Gasteiger partial charge in [-0.3, -0.25) is 15.0 Å². The number of carbonyl (C=O) groups excluding carboxylic acids is 2. The number of carbonyl (C=O) groups is 2. The van der Waals surface area contributed by atoms with Crippen LogP contribution >= 0.6 is 0 Å². The normalized spacial score (nSPS) is 14.9. The highest BCUT2D eigenvalue weighted by Gasteiger charge is 2.38. The highest BCUT2D eigenvalue weighted by molar-refractivity contribution is 6.12. The smallest absolute Gasteiger partial charge is 0.412 e. The van der Waals surface area contributed by atoms with Gasteiger partial charge >= 0.3 is 6.09 Å². The van der Waals surface area contributed by atoms with E-state index in [1.54, 1.807) is 31.2 Å². The lowest BCUT2D eigenvalue weighted by Gasteiger charge is -2.19. The van der Waals surface area contributed by atoms with Crippen LogP contribution in [0.4, 0.5) is 26.2 Å². The molecule has 1 aliphatic rings. The third kappa shape index (κ3) is 3.94. The molecular weight excluding hydrogens is 399 g/mol. The summed E-state index contributed by atoms with van der Waals surface area (Å²) in [4.78, 5) is 27.1. The van der Waals surface area contributed by atoms with Crippen LogP contribution in [0.3, 0.4) is 0 Å². The summed E-state index contributed by atoms with van der Waals surface area (Å²) in [5.74, 6) is -0.701. The van der Waals surface area contributed by atoms with Gasteiger partial charge in [0.05, 0.1) is 24.4 Å². The van der Waals surface area contributed by atoms with Gasteiger partial charge in [0.15, 0.2) is 0 Å². The van der Waals surface area contributed by atoms with E-state index in [0.29, 0.717) is 28.4 Å². The number of rotatable bonds is 5. The lowest BCUT2D eigenvalue weighted by molar-refractivity contribution is -0.118. The predicted molar refractivity (Wildman–Crippen MR) is 115 cm³/mol. The van der Waals surface area contributed by atoms with Gasteiger partial charge in [0.2, 0.25) is 5.91 Å². The molecule has 158 valence electrons. The Labute approximate surface area is 179 Å². The molecule has 1 atom stereocenters. The molecule has 3 aromatic carbocycles. The molecule has 7 heteroatoms. The number of hydrogen-bond donors (Lipinski definition) is 1. The molecule has 0 aromatic heterocycles. The lowest BCUT2D eigenvalue weighted by Crippen LogP contribution is -2.22. The molecule has 0 spiro atoms. The van der Waals surface area contributed by atoms with Crippen molar-refractivity contribution in [1.29, 1.82) is 0 Å². The van der Waals surface area contributed by atoms with Crippen LogP contribution in [-0.2, 0) is 16.1 Å². The molecule has 31 heavy (non-hydrogen) atoms. The number of nitrogens with one attached hydrogen (secondary N) is 1. The minimum atomic E-state index is -0.657. The predicted octanol–water partition coefficient (Wildman–Crippen LogP) is 5.36. The van der Waals surface area contributed by atoms with Gasteiger partial charge in [-0.1, -0.05) is 30.3 Å². The minimum Gasteiger partial charge on any atom is -0.495 e. The second-order valence-corrected chi connectivity index (χ2v) is 7.13. The number of hydrogen-bond acceptors (Lipinski definition) is 4. The van der Waals surface area contributed by atoms with Crippen LogP contribution in [0.5, 0.6) is 5.75 Å². The van der Waals surface area contributed by atoms with Crippen LogP contribution in [0.15, 0.2) is 66.7 Å². The van der Waals surface area contributed by atoms with Crippen LogP contribution in [0.1, 0.15) is 24.0 Å². The molecule has 1 unspecified atom stereocenters. The molecule has 3 aromatic rings. The maximum absolute atomic E-state index is 13.4. The fraction of sp³-hybridized carbons (Fsp3) is 0.167. The average molecular weight is 420 g/mol. The van der Waals surface area contributed by atoms with E-state index in [2.05, 4.69) is 5.32 Å². The quantitative estimate of drug-likeness (QED) is 0.603. The van der Waals surface area contributed by atoms with Gasteiger partial charge in [0.1, 0.15) is 18.2 Å². The number of benzene rings is 3. The van der Waals surface area contributed by atoms with Crippen LogP contribution in [-0.4, -0.2) is 19.1 Å². The zero-order valence-electron chi connectivity index (χ0n) is 17.1. The van der Waals surface area contributed by atoms with Crippen molar-refractivity contribution in [3.05, 3.63) is 83.7 Å². The summed E-state index contributed by atoms with van der Waals surface area (Å²) >= 11 is 0. The summed E-state index contributed by atoms with van der Waals surface area (Å²) in [6.07, 6.45) is -0.657. The zero-order chi connectivity index (χ0) is 22.0. The monoisotopic (exact) mass is 420 g/mol. The number of amides is 2. The zero-order valence-corrected chi connectivity index (χ0v) is 17.1. The van der Waals surface area contributed by atoms with Crippen molar-refractivity contribution in [2.75, 3.05) is 17.3 Å². The number of methoxy groups -OCH3 is 1.